The number of hydrogen-bond acceptors (Lipinski definition) is 3. The second-order valence-electron chi connectivity index (χ2n) is 3.43. The van der Waals surface area contributed by atoms with Crippen molar-refractivity contribution in [3.8, 4) is 11.5 Å². The molecule has 0 bridgehead atoms. The van der Waals surface area contributed by atoms with Crippen molar-refractivity contribution < 1.29 is 9.47 Å². The van der Waals surface area contributed by atoms with E-state index in [1.807, 2.05) is 26.0 Å². The molecule has 1 aromatic carbocycles. The van der Waals surface area contributed by atoms with Gasteiger partial charge in [-0.2, -0.15) is 0 Å². The third-order valence-corrected chi connectivity index (χ3v) is 2.19. The Kier molecular flexibility index (Phi) is 8.64. The molecule has 17 heavy (non-hydrogen) atoms. The molecule has 0 spiro atoms. The smallest absolute Gasteiger partial charge is 0.161 e. The molecular formula is C13H22ClNO2. The van der Waals surface area contributed by atoms with Gasteiger partial charge in [0.25, 0.3) is 0 Å². The molecule has 0 saturated carbocycles. The third-order valence-electron chi connectivity index (χ3n) is 2.19. The quantitative estimate of drug-likeness (QED) is 0.817. The summed E-state index contributed by atoms with van der Waals surface area (Å²) in [5.74, 6) is 1.66. The van der Waals surface area contributed by atoms with E-state index in [9.17, 15) is 0 Å². The molecule has 0 aliphatic carbocycles. The molecule has 1 aromatic rings. The van der Waals surface area contributed by atoms with Crippen molar-refractivity contribution in [2.75, 3.05) is 19.8 Å². The highest BCUT2D eigenvalue weighted by molar-refractivity contribution is 5.85. The lowest BCUT2D eigenvalue weighted by Gasteiger charge is -2.12. The SMILES string of the molecule is CCNCc1ccc(OCC)c(OCC)c1.Cl. The Hall–Kier alpha value is -0.930. The first-order valence-electron chi connectivity index (χ1n) is 5.91. The first-order chi connectivity index (χ1) is 7.81. The number of nitrogens with one attached hydrogen (secondary N) is 1. The summed E-state index contributed by atoms with van der Waals surface area (Å²) in [6.45, 7) is 9.20. The Morgan fingerprint density at radius 1 is 1.00 bits per heavy atom. The van der Waals surface area contributed by atoms with Gasteiger partial charge in [0, 0.05) is 6.54 Å². The Morgan fingerprint density at radius 2 is 1.65 bits per heavy atom. The summed E-state index contributed by atoms with van der Waals surface area (Å²) in [4.78, 5) is 0. The van der Waals surface area contributed by atoms with Crippen molar-refractivity contribution in [2.24, 2.45) is 0 Å². The summed E-state index contributed by atoms with van der Waals surface area (Å²) in [6.07, 6.45) is 0. The highest BCUT2D eigenvalue weighted by Gasteiger charge is 2.05. The molecule has 3 nitrogen and oxygen atoms in total. The van der Waals surface area contributed by atoms with Crippen LogP contribution in [0.25, 0.3) is 0 Å². The minimum absolute atomic E-state index is 0. The van der Waals surface area contributed by atoms with Crippen LogP contribution < -0.4 is 14.8 Å². The zero-order valence-electron chi connectivity index (χ0n) is 10.8. The summed E-state index contributed by atoms with van der Waals surface area (Å²) in [5, 5.41) is 3.29. The van der Waals surface area contributed by atoms with Crippen LogP contribution in [0.5, 0.6) is 11.5 Å². The summed E-state index contributed by atoms with van der Waals surface area (Å²) < 4.78 is 11.1. The Morgan fingerprint density at radius 3 is 2.24 bits per heavy atom. The molecule has 0 unspecified atom stereocenters. The van der Waals surface area contributed by atoms with Gasteiger partial charge in [-0.1, -0.05) is 13.0 Å². The molecule has 0 amide bonds. The van der Waals surface area contributed by atoms with E-state index in [-0.39, 0.29) is 12.4 Å². The van der Waals surface area contributed by atoms with Crippen LogP contribution in [0.1, 0.15) is 26.3 Å². The van der Waals surface area contributed by atoms with Crippen LogP contribution in [0.15, 0.2) is 18.2 Å². The predicted molar refractivity (Wildman–Crippen MR) is 73.4 cm³/mol. The number of rotatable bonds is 7. The van der Waals surface area contributed by atoms with E-state index < -0.39 is 0 Å². The standard InChI is InChI=1S/C13H21NO2.ClH/c1-4-14-10-11-7-8-12(15-5-2)13(9-11)16-6-3;/h7-9,14H,4-6,10H2,1-3H3;1H. The zero-order chi connectivity index (χ0) is 11.8. The summed E-state index contributed by atoms with van der Waals surface area (Å²) in [7, 11) is 0. The molecule has 0 aliphatic rings. The topological polar surface area (TPSA) is 30.5 Å². The highest BCUT2D eigenvalue weighted by atomic mass is 35.5. The lowest BCUT2D eigenvalue weighted by molar-refractivity contribution is 0.287. The van der Waals surface area contributed by atoms with Gasteiger partial charge in [0.15, 0.2) is 11.5 Å². The van der Waals surface area contributed by atoms with Crippen molar-refractivity contribution in [3.05, 3.63) is 23.8 Å². The lowest BCUT2D eigenvalue weighted by Crippen LogP contribution is -2.11. The van der Waals surface area contributed by atoms with Gasteiger partial charge >= 0.3 is 0 Å². The van der Waals surface area contributed by atoms with Crippen LogP contribution in [0.4, 0.5) is 0 Å². The first kappa shape index (κ1) is 16.1. The van der Waals surface area contributed by atoms with Crippen molar-refractivity contribution in [1.29, 1.82) is 0 Å². The maximum atomic E-state index is 5.56. The number of ether oxygens (including phenoxy) is 2. The van der Waals surface area contributed by atoms with E-state index in [2.05, 4.69) is 18.3 Å². The molecular weight excluding hydrogens is 238 g/mol. The largest absolute Gasteiger partial charge is 0.490 e. The molecule has 1 rings (SSSR count). The highest BCUT2D eigenvalue weighted by Crippen LogP contribution is 2.28. The molecule has 0 radical (unpaired) electrons. The van der Waals surface area contributed by atoms with Crippen LogP contribution in [0.2, 0.25) is 0 Å². The van der Waals surface area contributed by atoms with Gasteiger partial charge in [-0.05, 0) is 38.1 Å². The maximum Gasteiger partial charge on any atom is 0.161 e. The van der Waals surface area contributed by atoms with Crippen molar-refractivity contribution in [3.63, 3.8) is 0 Å². The van der Waals surface area contributed by atoms with Crippen LogP contribution in [-0.4, -0.2) is 19.8 Å². The minimum Gasteiger partial charge on any atom is -0.490 e. The molecule has 0 heterocycles. The van der Waals surface area contributed by atoms with Crippen LogP contribution in [0, 0.1) is 0 Å². The van der Waals surface area contributed by atoms with E-state index in [1.54, 1.807) is 0 Å². The van der Waals surface area contributed by atoms with E-state index in [0.29, 0.717) is 13.2 Å². The van der Waals surface area contributed by atoms with E-state index >= 15 is 0 Å². The van der Waals surface area contributed by atoms with E-state index in [1.165, 1.54) is 5.56 Å². The minimum atomic E-state index is 0. The molecule has 1 N–H and O–H groups in total. The number of benzene rings is 1. The summed E-state index contributed by atoms with van der Waals surface area (Å²) >= 11 is 0. The molecule has 4 heteroatoms. The summed E-state index contributed by atoms with van der Waals surface area (Å²) in [6, 6.07) is 6.08. The molecule has 0 saturated heterocycles. The zero-order valence-corrected chi connectivity index (χ0v) is 11.6. The molecule has 0 aromatic heterocycles. The second kappa shape index (κ2) is 9.14. The van der Waals surface area contributed by atoms with E-state index in [4.69, 9.17) is 9.47 Å². The fourth-order valence-corrected chi connectivity index (χ4v) is 1.47. The molecule has 0 fully saturated rings. The van der Waals surface area contributed by atoms with Crippen LogP contribution in [-0.2, 0) is 6.54 Å². The van der Waals surface area contributed by atoms with Crippen molar-refractivity contribution in [2.45, 2.75) is 27.3 Å². The average Bonchev–Trinajstić information content (AvgIpc) is 2.30. The average molecular weight is 260 g/mol. The normalized spacial score (nSPS) is 9.59. The van der Waals surface area contributed by atoms with Crippen molar-refractivity contribution in [1.82, 2.24) is 5.32 Å². The van der Waals surface area contributed by atoms with Gasteiger partial charge in [0.1, 0.15) is 0 Å². The van der Waals surface area contributed by atoms with Gasteiger partial charge in [-0.15, -0.1) is 12.4 Å². The maximum absolute atomic E-state index is 5.56. The van der Waals surface area contributed by atoms with Crippen LogP contribution in [0.3, 0.4) is 0 Å². The number of hydrogen-bond donors (Lipinski definition) is 1. The van der Waals surface area contributed by atoms with Gasteiger partial charge in [-0.25, -0.2) is 0 Å². The third kappa shape index (κ3) is 5.29. The number of halogens is 1. The summed E-state index contributed by atoms with van der Waals surface area (Å²) in [5.41, 5.74) is 1.22. The van der Waals surface area contributed by atoms with Gasteiger partial charge in [0.2, 0.25) is 0 Å². The monoisotopic (exact) mass is 259 g/mol. The fraction of sp³-hybridized carbons (Fsp3) is 0.538. The fourth-order valence-electron chi connectivity index (χ4n) is 1.47. The second-order valence-corrected chi connectivity index (χ2v) is 3.43. The lowest BCUT2D eigenvalue weighted by atomic mass is 10.2. The molecule has 0 aliphatic heterocycles. The van der Waals surface area contributed by atoms with Gasteiger partial charge in [0.05, 0.1) is 13.2 Å². The van der Waals surface area contributed by atoms with Gasteiger partial charge < -0.3 is 14.8 Å². The molecule has 98 valence electrons. The van der Waals surface area contributed by atoms with Gasteiger partial charge in [-0.3, -0.25) is 0 Å². The first-order valence-corrected chi connectivity index (χ1v) is 5.91. The Balaban J connectivity index is 0.00000256. The molecule has 0 atom stereocenters. The Labute approximate surface area is 110 Å². The van der Waals surface area contributed by atoms with Crippen molar-refractivity contribution >= 4 is 12.4 Å². The predicted octanol–water partition coefficient (Wildman–Crippen LogP) is 3.02. The van der Waals surface area contributed by atoms with E-state index in [0.717, 1.165) is 24.6 Å². The van der Waals surface area contributed by atoms with Crippen LogP contribution >= 0.6 is 12.4 Å². The Bertz CT molecular complexity index is 318.